The zero-order chi connectivity index (χ0) is 8.84. The Morgan fingerprint density at radius 1 is 1.46 bits per heavy atom. The van der Waals surface area contributed by atoms with E-state index in [4.69, 9.17) is 11.6 Å². The average molecular weight is 193 g/mol. The molecule has 2 aromatic rings. The van der Waals surface area contributed by atoms with Gasteiger partial charge in [0.1, 0.15) is 5.65 Å². The Bertz CT molecular complexity index is 457. The third kappa shape index (κ3) is 1.13. The maximum Gasteiger partial charge on any atom is 0.140 e. The minimum absolute atomic E-state index is 0.686. The van der Waals surface area contributed by atoms with Crippen molar-refractivity contribution in [2.24, 2.45) is 0 Å². The van der Waals surface area contributed by atoms with Gasteiger partial charge in [-0.3, -0.25) is 0 Å². The maximum atomic E-state index is 5.85. The first-order valence-corrected chi connectivity index (χ1v) is 4.84. The highest BCUT2D eigenvalue weighted by atomic mass is 35.5. The number of pyridine rings is 1. The van der Waals surface area contributed by atoms with E-state index in [0.717, 1.165) is 11.0 Å². The maximum absolute atomic E-state index is 5.85. The van der Waals surface area contributed by atoms with E-state index in [-0.39, 0.29) is 0 Å². The molecule has 0 N–H and O–H groups in total. The van der Waals surface area contributed by atoms with E-state index in [0.29, 0.717) is 11.1 Å². The van der Waals surface area contributed by atoms with Gasteiger partial charge in [-0.05, 0) is 25.0 Å². The Balaban J connectivity index is 2.26. The molecule has 0 amide bonds. The van der Waals surface area contributed by atoms with Gasteiger partial charge in [0.25, 0.3) is 0 Å². The summed E-state index contributed by atoms with van der Waals surface area (Å²) in [6.45, 7) is 0. The smallest absolute Gasteiger partial charge is 0.140 e. The lowest BCUT2D eigenvalue weighted by Crippen LogP contribution is -1.92. The number of rotatable bonds is 1. The van der Waals surface area contributed by atoms with Gasteiger partial charge in [0.2, 0.25) is 0 Å². The molecule has 0 spiro atoms. The van der Waals surface area contributed by atoms with Gasteiger partial charge in [-0.25, -0.2) is 4.98 Å². The highest BCUT2D eigenvalue weighted by Gasteiger charge is 2.24. The fourth-order valence-corrected chi connectivity index (χ4v) is 1.83. The molecule has 0 unspecified atom stereocenters. The first-order chi connectivity index (χ1) is 6.34. The van der Waals surface area contributed by atoms with Crippen molar-refractivity contribution in [2.75, 3.05) is 0 Å². The zero-order valence-corrected chi connectivity index (χ0v) is 7.83. The highest BCUT2D eigenvalue weighted by molar-refractivity contribution is 6.31. The summed E-state index contributed by atoms with van der Waals surface area (Å²) in [5.74, 6) is 0. The summed E-state index contributed by atoms with van der Waals surface area (Å²) in [7, 11) is 0. The molecule has 66 valence electrons. The highest BCUT2D eigenvalue weighted by Crippen LogP contribution is 2.37. The van der Waals surface area contributed by atoms with Crippen LogP contribution in [0.5, 0.6) is 0 Å². The van der Waals surface area contributed by atoms with Gasteiger partial charge < -0.3 is 4.57 Å². The molecule has 2 aromatic heterocycles. The summed E-state index contributed by atoms with van der Waals surface area (Å²) in [5, 5.41) is 1.85. The van der Waals surface area contributed by atoms with Crippen LogP contribution < -0.4 is 0 Å². The molecule has 1 fully saturated rings. The number of aromatic nitrogens is 2. The summed E-state index contributed by atoms with van der Waals surface area (Å²) in [4.78, 5) is 4.33. The van der Waals surface area contributed by atoms with Crippen LogP contribution in [0, 0.1) is 0 Å². The van der Waals surface area contributed by atoms with Gasteiger partial charge in [0.05, 0.1) is 5.02 Å². The van der Waals surface area contributed by atoms with E-state index in [2.05, 4.69) is 21.8 Å². The molecule has 2 nitrogen and oxygen atoms in total. The average Bonchev–Trinajstić information content (AvgIpc) is 2.87. The van der Waals surface area contributed by atoms with Crippen molar-refractivity contribution in [1.29, 1.82) is 0 Å². The third-order valence-corrected chi connectivity index (χ3v) is 2.67. The quantitative estimate of drug-likeness (QED) is 0.679. The topological polar surface area (TPSA) is 17.8 Å². The van der Waals surface area contributed by atoms with E-state index in [1.165, 1.54) is 12.8 Å². The minimum Gasteiger partial charge on any atom is -0.329 e. The Morgan fingerprint density at radius 3 is 3.08 bits per heavy atom. The second kappa shape index (κ2) is 2.48. The Hall–Kier alpha value is -1.02. The lowest BCUT2D eigenvalue weighted by molar-refractivity contribution is 0.766. The minimum atomic E-state index is 0.686. The van der Waals surface area contributed by atoms with Gasteiger partial charge in [-0.1, -0.05) is 11.6 Å². The van der Waals surface area contributed by atoms with Gasteiger partial charge in [-0.15, -0.1) is 0 Å². The third-order valence-electron chi connectivity index (χ3n) is 2.46. The number of hydrogen-bond donors (Lipinski definition) is 0. The van der Waals surface area contributed by atoms with Crippen molar-refractivity contribution in [3.63, 3.8) is 0 Å². The van der Waals surface area contributed by atoms with E-state index in [9.17, 15) is 0 Å². The molecule has 0 bridgehead atoms. The Kier molecular flexibility index (Phi) is 1.41. The van der Waals surface area contributed by atoms with Crippen molar-refractivity contribution in [2.45, 2.75) is 18.9 Å². The van der Waals surface area contributed by atoms with Gasteiger partial charge in [0.15, 0.2) is 0 Å². The summed E-state index contributed by atoms with van der Waals surface area (Å²) < 4.78 is 2.24. The van der Waals surface area contributed by atoms with Crippen molar-refractivity contribution in [3.05, 3.63) is 29.5 Å². The molecule has 1 aliphatic carbocycles. The summed E-state index contributed by atoms with van der Waals surface area (Å²) in [5.41, 5.74) is 1.06. The number of nitrogens with zero attached hydrogens (tertiary/aromatic N) is 2. The summed E-state index contributed by atoms with van der Waals surface area (Å²) in [6, 6.07) is 4.72. The molecule has 0 atom stereocenters. The molecule has 3 heteroatoms. The van der Waals surface area contributed by atoms with Crippen LogP contribution in [0.4, 0.5) is 0 Å². The molecular weight excluding hydrogens is 184 g/mol. The van der Waals surface area contributed by atoms with Crippen LogP contribution in [0.3, 0.4) is 0 Å². The van der Waals surface area contributed by atoms with Crippen molar-refractivity contribution in [1.82, 2.24) is 9.55 Å². The van der Waals surface area contributed by atoms with Crippen molar-refractivity contribution in [3.8, 4) is 0 Å². The zero-order valence-electron chi connectivity index (χ0n) is 7.07. The molecule has 1 aliphatic rings. The molecule has 1 saturated carbocycles. The van der Waals surface area contributed by atoms with Crippen molar-refractivity contribution < 1.29 is 0 Å². The van der Waals surface area contributed by atoms with E-state index < -0.39 is 0 Å². The monoisotopic (exact) mass is 192 g/mol. The fraction of sp³-hybridized carbons (Fsp3) is 0.300. The molecule has 0 aromatic carbocycles. The van der Waals surface area contributed by atoms with E-state index in [1.807, 2.05) is 6.07 Å². The lowest BCUT2D eigenvalue weighted by atomic mass is 10.3. The molecule has 3 rings (SSSR count). The Morgan fingerprint density at radius 2 is 2.31 bits per heavy atom. The van der Waals surface area contributed by atoms with Gasteiger partial charge in [-0.2, -0.15) is 0 Å². The van der Waals surface area contributed by atoms with Gasteiger partial charge in [0, 0.05) is 23.8 Å². The van der Waals surface area contributed by atoms with Gasteiger partial charge >= 0.3 is 0 Å². The van der Waals surface area contributed by atoms with Crippen LogP contribution in [-0.4, -0.2) is 9.55 Å². The fourth-order valence-electron chi connectivity index (χ4n) is 1.66. The first-order valence-electron chi connectivity index (χ1n) is 4.47. The number of halogens is 1. The molecule has 2 heterocycles. The molecular formula is C10H9ClN2. The second-order valence-corrected chi connectivity index (χ2v) is 3.96. The van der Waals surface area contributed by atoms with Crippen molar-refractivity contribution >= 4 is 22.6 Å². The van der Waals surface area contributed by atoms with Crippen LogP contribution in [0.2, 0.25) is 5.02 Å². The molecule has 0 saturated heterocycles. The standard InChI is InChI=1S/C10H9ClN2/c11-8-5-7-3-4-13(9-1-2-9)10(7)12-6-8/h3-6,9H,1-2H2. The summed E-state index contributed by atoms with van der Waals surface area (Å²) in [6.07, 6.45) is 6.39. The van der Waals surface area contributed by atoms with Crippen LogP contribution >= 0.6 is 11.6 Å². The normalized spacial score (nSPS) is 16.7. The van der Waals surface area contributed by atoms with Crippen LogP contribution in [-0.2, 0) is 0 Å². The Labute approximate surface area is 81.1 Å². The first kappa shape index (κ1) is 7.39. The number of hydrogen-bond acceptors (Lipinski definition) is 1. The predicted molar refractivity (Wildman–Crippen MR) is 53.0 cm³/mol. The van der Waals surface area contributed by atoms with Crippen LogP contribution in [0.15, 0.2) is 24.5 Å². The van der Waals surface area contributed by atoms with Crippen LogP contribution in [0.1, 0.15) is 18.9 Å². The largest absolute Gasteiger partial charge is 0.329 e. The lowest BCUT2D eigenvalue weighted by Gasteiger charge is -2.00. The molecule has 0 radical (unpaired) electrons. The van der Waals surface area contributed by atoms with E-state index in [1.54, 1.807) is 6.20 Å². The SMILES string of the molecule is Clc1cnc2c(ccn2C2CC2)c1. The van der Waals surface area contributed by atoms with E-state index >= 15 is 0 Å². The number of fused-ring (bicyclic) bond motifs is 1. The molecule has 13 heavy (non-hydrogen) atoms. The summed E-state index contributed by atoms with van der Waals surface area (Å²) >= 11 is 5.85. The second-order valence-electron chi connectivity index (χ2n) is 3.52. The molecule has 0 aliphatic heterocycles. The predicted octanol–water partition coefficient (Wildman–Crippen LogP) is 3.02. The van der Waals surface area contributed by atoms with Crippen LogP contribution in [0.25, 0.3) is 11.0 Å².